The zero-order valence-corrected chi connectivity index (χ0v) is 9.35. The van der Waals surface area contributed by atoms with Crippen LogP contribution in [-0.2, 0) is 0 Å². The summed E-state index contributed by atoms with van der Waals surface area (Å²) in [5.74, 6) is 0.133. The van der Waals surface area contributed by atoms with Crippen LogP contribution in [0, 0.1) is 12.7 Å². The first-order valence-electron chi connectivity index (χ1n) is 4.72. The zero-order chi connectivity index (χ0) is 9.97. The van der Waals surface area contributed by atoms with Gasteiger partial charge >= 0.3 is 0 Å². The number of aryl methyl sites for hydroxylation is 1. The van der Waals surface area contributed by atoms with Gasteiger partial charge < -0.3 is 10.2 Å². The fourth-order valence-corrected chi connectivity index (χ4v) is 1.54. The molecule has 0 saturated carbocycles. The Morgan fingerprint density at radius 1 is 1.33 bits per heavy atom. The number of hydrogen-bond acceptors (Lipinski definition) is 4. The van der Waals surface area contributed by atoms with Crippen LogP contribution in [0.15, 0.2) is 6.33 Å². The first-order chi connectivity index (χ1) is 6.79. The number of aromatic nitrogens is 2. The summed E-state index contributed by atoms with van der Waals surface area (Å²) in [6, 6.07) is 0. The smallest absolute Gasteiger partial charge is 0.186 e. The van der Waals surface area contributed by atoms with Crippen molar-refractivity contribution in [2.45, 2.75) is 6.92 Å². The minimum atomic E-state index is -0.297. The van der Waals surface area contributed by atoms with E-state index in [9.17, 15) is 4.39 Å². The van der Waals surface area contributed by atoms with Gasteiger partial charge in [-0.15, -0.1) is 12.4 Å². The third-order valence-corrected chi connectivity index (χ3v) is 2.36. The molecule has 0 amide bonds. The van der Waals surface area contributed by atoms with Crippen molar-refractivity contribution >= 4 is 18.2 Å². The van der Waals surface area contributed by atoms with Crippen LogP contribution in [0.1, 0.15) is 5.69 Å². The largest absolute Gasteiger partial charge is 0.352 e. The Morgan fingerprint density at radius 2 is 2.00 bits per heavy atom. The van der Waals surface area contributed by atoms with Crippen LogP contribution in [0.25, 0.3) is 0 Å². The molecule has 4 nitrogen and oxygen atoms in total. The minimum Gasteiger partial charge on any atom is -0.352 e. The summed E-state index contributed by atoms with van der Waals surface area (Å²) in [5.41, 5.74) is 0.411. The molecule has 0 aromatic carbocycles. The van der Waals surface area contributed by atoms with Crippen LogP contribution in [0.2, 0.25) is 0 Å². The van der Waals surface area contributed by atoms with Gasteiger partial charge in [0.15, 0.2) is 11.6 Å². The van der Waals surface area contributed by atoms with Gasteiger partial charge in [0.1, 0.15) is 6.33 Å². The molecular weight excluding hydrogens is 219 g/mol. The van der Waals surface area contributed by atoms with Gasteiger partial charge in [0, 0.05) is 26.2 Å². The average Bonchev–Trinajstić information content (AvgIpc) is 2.23. The van der Waals surface area contributed by atoms with Crippen LogP contribution >= 0.6 is 12.4 Å². The Kier molecular flexibility index (Phi) is 4.23. The molecule has 0 atom stereocenters. The highest BCUT2D eigenvalue weighted by Gasteiger charge is 2.17. The first-order valence-corrected chi connectivity index (χ1v) is 4.72. The van der Waals surface area contributed by atoms with E-state index in [1.807, 2.05) is 4.90 Å². The molecular formula is C9H14ClFN4. The molecule has 1 aromatic rings. The van der Waals surface area contributed by atoms with Crippen molar-refractivity contribution in [3.05, 3.63) is 17.8 Å². The van der Waals surface area contributed by atoms with Gasteiger partial charge in [-0.2, -0.15) is 0 Å². The fraction of sp³-hybridized carbons (Fsp3) is 0.556. The summed E-state index contributed by atoms with van der Waals surface area (Å²) in [5, 5.41) is 3.21. The monoisotopic (exact) mass is 232 g/mol. The summed E-state index contributed by atoms with van der Waals surface area (Å²) < 4.78 is 13.6. The average molecular weight is 233 g/mol. The predicted octanol–water partition coefficient (Wildman–Crippen LogP) is 0.756. The lowest BCUT2D eigenvalue weighted by Crippen LogP contribution is -2.44. The van der Waals surface area contributed by atoms with E-state index >= 15 is 0 Å². The number of anilines is 1. The number of halogens is 2. The normalized spacial score (nSPS) is 16.0. The molecule has 1 aliphatic rings. The Labute approximate surface area is 94.3 Å². The van der Waals surface area contributed by atoms with Gasteiger partial charge in [-0.05, 0) is 6.92 Å². The quantitative estimate of drug-likeness (QED) is 0.776. The molecule has 1 N–H and O–H groups in total. The van der Waals surface area contributed by atoms with Crippen molar-refractivity contribution < 1.29 is 4.39 Å². The highest BCUT2D eigenvalue weighted by atomic mass is 35.5. The standard InChI is InChI=1S/C9H13FN4.ClH/c1-7-8(10)9(13-6-12-7)14-4-2-11-3-5-14;/h6,11H,2-5H2,1H3;1H. The molecule has 1 aliphatic heterocycles. The van der Waals surface area contributed by atoms with Gasteiger partial charge in [0.25, 0.3) is 0 Å². The van der Waals surface area contributed by atoms with Crippen LogP contribution in [-0.4, -0.2) is 36.1 Å². The van der Waals surface area contributed by atoms with Crippen LogP contribution in [0.4, 0.5) is 10.2 Å². The highest BCUT2D eigenvalue weighted by molar-refractivity contribution is 5.85. The van der Waals surface area contributed by atoms with Crippen molar-refractivity contribution in [1.82, 2.24) is 15.3 Å². The molecule has 0 spiro atoms. The van der Waals surface area contributed by atoms with Crippen molar-refractivity contribution in [3.63, 3.8) is 0 Å². The second kappa shape index (κ2) is 5.23. The number of hydrogen-bond donors (Lipinski definition) is 1. The van der Waals surface area contributed by atoms with E-state index in [4.69, 9.17) is 0 Å². The maximum absolute atomic E-state index is 13.6. The maximum atomic E-state index is 13.6. The lowest BCUT2D eigenvalue weighted by molar-refractivity contribution is 0.551. The molecule has 0 unspecified atom stereocenters. The van der Waals surface area contributed by atoms with E-state index in [0.29, 0.717) is 11.5 Å². The van der Waals surface area contributed by atoms with Gasteiger partial charge in [-0.3, -0.25) is 0 Å². The molecule has 1 fully saturated rings. The summed E-state index contributed by atoms with van der Waals surface area (Å²) in [4.78, 5) is 9.73. The molecule has 6 heteroatoms. The second-order valence-corrected chi connectivity index (χ2v) is 3.33. The van der Waals surface area contributed by atoms with E-state index in [1.54, 1.807) is 6.92 Å². The number of nitrogens with zero attached hydrogens (tertiary/aromatic N) is 3. The summed E-state index contributed by atoms with van der Waals surface area (Å²) in [6.07, 6.45) is 1.41. The molecule has 0 bridgehead atoms. The molecule has 0 radical (unpaired) electrons. The second-order valence-electron chi connectivity index (χ2n) is 3.33. The summed E-state index contributed by atoms with van der Waals surface area (Å²) in [6.45, 7) is 5.01. The molecule has 15 heavy (non-hydrogen) atoms. The maximum Gasteiger partial charge on any atom is 0.186 e. The lowest BCUT2D eigenvalue weighted by Gasteiger charge is -2.28. The van der Waals surface area contributed by atoms with E-state index in [-0.39, 0.29) is 18.2 Å². The number of piperazine rings is 1. The highest BCUT2D eigenvalue weighted by Crippen LogP contribution is 2.17. The molecule has 84 valence electrons. The van der Waals surface area contributed by atoms with Crippen molar-refractivity contribution in [2.75, 3.05) is 31.1 Å². The van der Waals surface area contributed by atoms with Gasteiger partial charge in [-0.25, -0.2) is 14.4 Å². The number of nitrogens with one attached hydrogen (secondary N) is 1. The Hall–Kier alpha value is -0.940. The van der Waals surface area contributed by atoms with Gasteiger partial charge in [-0.1, -0.05) is 0 Å². The summed E-state index contributed by atoms with van der Waals surface area (Å²) >= 11 is 0. The third-order valence-electron chi connectivity index (χ3n) is 2.36. The number of rotatable bonds is 1. The molecule has 1 aromatic heterocycles. The van der Waals surface area contributed by atoms with Crippen LogP contribution in [0.3, 0.4) is 0 Å². The van der Waals surface area contributed by atoms with Gasteiger partial charge in [0.2, 0.25) is 0 Å². The van der Waals surface area contributed by atoms with Crippen molar-refractivity contribution in [3.8, 4) is 0 Å². The first kappa shape index (κ1) is 12.1. The lowest BCUT2D eigenvalue weighted by atomic mass is 10.3. The predicted molar refractivity (Wildman–Crippen MR) is 59.1 cm³/mol. The van der Waals surface area contributed by atoms with E-state index in [2.05, 4.69) is 15.3 Å². The van der Waals surface area contributed by atoms with E-state index in [0.717, 1.165) is 26.2 Å². The Bertz CT molecular complexity index is 328. The molecule has 0 aliphatic carbocycles. The molecule has 1 saturated heterocycles. The SMILES string of the molecule is Cc1ncnc(N2CCNCC2)c1F.Cl. The third kappa shape index (κ3) is 2.54. The minimum absolute atomic E-state index is 0. The van der Waals surface area contributed by atoms with E-state index < -0.39 is 0 Å². The van der Waals surface area contributed by atoms with Gasteiger partial charge in [0.05, 0.1) is 5.69 Å². The Balaban J connectivity index is 0.00000112. The van der Waals surface area contributed by atoms with Crippen LogP contribution in [0.5, 0.6) is 0 Å². The van der Waals surface area contributed by atoms with Crippen LogP contribution < -0.4 is 10.2 Å². The molecule has 2 heterocycles. The Morgan fingerprint density at radius 3 is 2.67 bits per heavy atom. The molecule has 2 rings (SSSR count). The van der Waals surface area contributed by atoms with E-state index in [1.165, 1.54) is 6.33 Å². The topological polar surface area (TPSA) is 41.1 Å². The summed E-state index contributed by atoms with van der Waals surface area (Å²) in [7, 11) is 0. The fourth-order valence-electron chi connectivity index (χ4n) is 1.54. The van der Waals surface area contributed by atoms with Crippen molar-refractivity contribution in [1.29, 1.82) is 0 Å². The zero-order valence-electron chi connectivity index (χ0n) is 8.53. The van der Waals surface area contributed by atoms with Crippen molar-refractivity contribution in [2.24, 2.45) is 0 Å².